The summed E-state index contributed by atoms with van der Waals surface area (Å²) < 4.78 is 0. The van der Waals surface area contributed by atoms with Gasteiger partial charge in [-0.15, -0.1) is 0 Å². The molecule has 166 valence electrons. The van der Waals surface area contributed by atoms with Crippen molar-refractivity contribution in [3.8, 4) is 6.07 Å². The van der Waals surface area contributed by atoms with E-state index in [0.717, 1.165) is 10.5 Å². The molecule has 4 rings (SSSR count). The van der Waals surface area contributed by atoms with Gasteiger partial charge in [0.05, 0.1) is 17.3 Å². The summed E-state index contributed by atoms with van der Waals surface area (Å²) in [6, 6.07) is 14.0. The van der Waals surface area contributed by atoms with Gasteiger partial charge in [-0.3, -0.25) is 4.79 Å². The maximum Gasteiger partial charge on any atom is 0.331 e. The number of nitriles is 1. The monoisotopic (exact) mass is 480 g/mol. The predicted octanol–water partition coefficient (Wildman–Crippen LogP) is 4.32. The van der Waals surface area contributed by atoms with Crippen molar-refractivity contribution in [3.63, 3.8) is 0 Å². The number of urea groups is 1. The lowest BCUT2D eigenvalue weighted by atomic mass is 9.90. The van der Waals surface area contributed by atoms with Crippen LogP contribution < -0.4 is 10.2 Å². The second kappa shape index (κ2) is 9.45. The fourth-order valence-corrected chi connectivity index (χ4v) is 4.34. The summed E-state index contributed by atoms with van der Waals surface area (Å²) in [5.74, 6) is -0.470. The van der Waals surface area contributed by atoms with Crippen LogP contribution in [0.4, 0.5) is 16.4 Å². The smallest absolute Gasteiger partial charge is 0.331 e. The molecule has 1 unspecified atom stereocenters. The van der Waals surface area contributed by atoms with Crippen molar-refractivity contribution in [3.05, 3.63) is 82.1 Å². The van der Waals surface area contributed by atoms with Crippen LogP contribution in [0.3, 0.4) is 0 Å². The van der Waals surface area contributed by atoms with Gasteiger partial charge in [0.2, 0.25) is 5.95 Å². The molecule has 33 heavy (non-hydrogen) atoms. The van der Waals surface area contributed by atoms with E-state index in [1.165, 1.54) is 23.1 Å². The molecule has 0 aliphatic carbocycles. The minimum Gasteiger partial charge on any atom is -0.354 e. The van der Waals surface area contributed by atoms with E-state index >= 15 is 0 Å². The van der Waals surface area contributed by atoms with Crippen LogP contribution in [0, 0.1) is 11.3 Å². The Kier molecular flexibility index (Phi) is 6.45. The van der Waals surface area contributed by atoms with Gasteiger partial charge >= 0.3 is 6.03 Å². The van der Waals surface area contributed by atoms with E-state index in [0.29, 0.717) is 27.2 Å². The van der Waals surface area contributed by atoms with Crippen molar-refractivity contribution >= 4 is 46.8 Å². The van der Waals surface area contributed by atoms with Crippen LogP contribution in [0.25, 0.3) is 0 Å². The van der Waals surface area contributed by atoms with Crippen LogP contribution >= 0.6 is 23.2 Å². The van der Waals surface area contributed by atoms with Gasteiger partial charge in [0.25, 0.3) is 5.91 Å². The molecule has 8 nitrogen and oxygen atoms in total. The quantitative estimate of drug-likeness (QED) is 0.527. The van der Waals surface area contributed by atoms with E-state index < -0.39 is 23.9 Å². The minimum atomic E-state index is -0.820. The van der Waals surface area contributed by atoms with Crippen LogP contribution in [0.15, 0.2) is 60.9 Å². The number of carbonyl (C=O) groups is 2. The Hall–Kier alpha value is -3.67. The molecule has 0 spiro atoms. The number of imide groups is 1. The van der Waals surface area contributed by atoms with E-state index in [1.807, 2.05) is 0 Å². The van der Waals surface area contributed by atoms with E-state index in [9.17, 15) is 9.59 Å². The van der Waals surface area contributed by atoms with E-state index in [1.54, 1.807) is 49.8 Å². The first-order chi connectivity index (χ1) is 15.9. The molecule has 1 aliphatic rings. The SMILES string of the molecule is CN1C(=O)N(c2cc(Cl)cc(Cl)c2)C(=O)C1[C@@H](CNc1ncccn1)c1ccc(C#N)cc1. The number of aromatic nitrogens is 2. The summed E-state index contributed by atoms with van der Waals surface area (Å²) in [7, 11) is 1.58. The Bertz CT molecular complexity index is 1210. The lowest BCUT2D eigenvalue weighted by molar-refractivity contribution is -0.120. The van der Waals surface area contributed by atoms with Crippen LogP contribution in [-0.4, -0.2) is 46.4 Å². The van der Waals surface area contributed by atoms with Crippen LogP contribution in [0.5, 0.6) is 0 Å². The van der Waals surface area contributed by atoms with Gasteiger partial charge in [0.15, 0.2) is 0 Å². The second-order valence-electron chi connectivity index (χ2n) is 7.43. The molecule has 0 bridgehead atoms. The van der Waals surface area contributed by atoms with Crippen LogP contribution in [-0.2, 0) is 4.79 Å². The first-order valence-electron chi connectivity index (χ1n) is 9.97. The zero-order chi connectivity index (χ0) is 23.5. The lowest BCUT2D eigenvalue weighted by Crippen LogP contribution is -2.40. The highest BCUT2D eigenvalue weighted by molar-refractivity contribution is 6.35. The van der Waals surface area contributed by atoms with E-state index in [2.05, 4.69) is 21.4 Å². The molecular formula is C23H18Cl2N6O2. The van der Waals surface area contributed by atoms with Crippen LogP contribution in [0.1, 0.15) is 17.0 Å². The summed E-state index contributed by atoms with van der Waals surface area (Å²) in [4.78, 5) is 37.5. The van der Waals surface area contributed by atoms with Gasteiger partial charge in [0, 0.05) is 41.9 Å². The standard InChI is InChI=1S/C23H18Cl2N6O2/c1-30-20(21(32)31(23(30)33)18-10-16(24)9-17(25)11-18)19(13-29-22-27-7-2-8-28-22)15-5-3-14(12-26)4-6-15/h2-11,19-20H,13H2,1H3,(H,27,28,29)/t19-,20?/m0/s1. The average molecular weight is 481 g/mol. The van der Waals surface area contributed by atoms with E-state index in [-0.39, 0.29) is 6.54 Å². The molecule has 1 N–H and O–H groups in total. The summed E-state index contributed by atoms with van der Waals surface area (Å²) in [5, 5.41) is 12.9. The Balaban J connectivity index is 1.70. The molecule has 2 aromatic carbocycles. The van der Waals surface area contributed by atoms with Crippen molar-refractivity contribution < 1.29 is 9.59 Å². The molecule has 10 heteroatoms. The molecular weight excluding hydrogens is 463 g/mol. The third-order valence-electron chi connectivity index (χ3n) is 5.38. The van der Waals surface area contributed by atoms with Gasteiger partial charge in [0.1, 0.15) is 6.04 Å². The molecule has 1 fully saturated rings. The summed E-state index contributed by atoms with van der Waals surface area (Å²) >= 11 is 12.2. The van der Waals surface area contributed by atoms with E-state index in [4.69, 9.17) is 28.5 Å². The maximum atomic E-state index is 13.6. The maximum absolute atomic E-state index is 13.6. The molecule has 2 atom stereocenters. The number of amides is 3. The zero-order valence-corrected chi connectivity index (χ0v) is 19.0. The van der Waals surface area contributed by atoms with Gasteiger partial charge in [-0.2, -0.15) is 5.26 Å². The number of hydrogen-bond acceptors (Lipinski definition) is 6. The number of halogens is 2. The van der Waals surface area contributed by atoms with Crippen molar-refractivity contribution in [2.45, 2.75) is 12.0 Å². The first kappa shape index (κ1) is 22.5. The Morgan fingerprint density at radius 2 is 1.73 bits per heavy atom. The number of anilines is 2. The molecule has 2 heterocycles. The first-order valence-corrected chi connectivity index (χ1v) is 10.7. The fourth-order valence-electron chi connectivity index (χ4n) is 3.83. The zero-order valence-electron chi connectivity index (χ0n) is 17.4. The van der Waals surface area contributed by atoms with Crippen molar-refractivity contribution in [1.29, 1.82) is 5.26 Å². The summed E-state index contributed by atoms with van der Waals surface area (Å²) in [6.07, 6.45) is 3.21. The Labute approximate surface area is 200 Å². The molecule has 3 amide bonds. The largest absolute Gasteiger partial charge is 0.354 e. The highest BCUT2D eigenvalue weighted by Gasteiger charge is 2.48. The van der Waals surface area contributed by atoms with Gasteiger partial charge in [-0.1, -0.05) is 35.3 Å². The molecule has 3 aromatic rings. The highest BCUT2D eigenvalue weighted by atomic mass is 35.5. The number of carbonyl (C=O) groups excluding carboxylic acids is 2. The molecule has 0 saturated carbocycles. The summed E-state index contributed by atoms with van der Waals surface area (Å²) in [5.41, 5.74) is 1.57. The number of nitrogens with zero attached hydrogens (tertiary/aromatic N) is 5. The minimum absolute atomic E-state index is 0.272. The van der Waals surface area contributed by atoms with Crippen molar-refractivity contribution in [2.24, 2.45) is 0 Å². The third-order valence-corrected chi connectivity index (χ3v) is 5.82. The molecule has 1 saturated heterocycles. The van der Waals surface area contributed by atoms with Gasteiger partial charge in [-0.25, -0.2) is 19.7 Å². The number of likely N-dealkylation sites (N-methyl/N-ethyl adjacent to an activating group) is 1. The molecule has 1 aromatic heterocycles. The normalized spacial score (nSPS) is 16.6. The van der Waals surface area contributed by atoms with Crippen molar-refractivity contribution in [1.82, 2.24) is 14.9 Å². The van der Waals surface area contributed by atoms with Crippen molar-refractivity contribution in [2.75, 3.05) is 23.8 Å². The predicted molar refractivity (Wildman–Crippen MR) is 125 cm³/mol. The Morgan fingerprint density at radius 3 is 2.33 bits per heavy atom. The number of benzene rings is 2. The highest BCUT2D eigenvalue weighted by Crippen LogP contribution is 2.35. The van der Waals surface area contributed by atoms with Gasteiger partial charge in [-0.05, 0) is 42.0 Å². The average Bonchev–Trinajstić information content (AvgIpc) is 3.03. The molecule has 1 aliphatic heterocycles. The fraction of sp³-hybridized carbons (Fsp3) is 0.174. The Morgan fingerprint density at radius 1 is 1.09 bits per heavy atom. The van der Waals surface area contributed by atoms with Gasteiger partial charge < -0.3 is 10.2 Å². The van der Waals surface area contributed by atoms with Crippen LogP contribution in [0.2, 0.25) is 10.0 Å². The summed E-state index contributed by atoms with van der Waals surface area (Å²) in [6.45, 7) is 0.272. The second-order valence-corrected chi connectivity index (χ2v) is 8.31. The third kappa shape index (κ3) is 4.60. The topological polar surface area (TPSA) is 102 Å². The number of rotatable bonds is 6. The lowest BCUT2D eigenvalue weighted by Gasteiger charge is -2.27. The molecule has 0 radical (unpaired) electrons. The number of nitrogens with one attached hydrogen (secondary N) is 1. The number of hydrogen-bond donors (Lipinski definition) is 1.